The topological polar surface area (TPSA) is 74.0 Å². The molecule has 8 nitrogen and oxygen atoms in total. The van der Waals surface area contributed by atoms with Crippen molar-refractivity contribution in [2.24, 2.45) is 0 Å². The first-order valence-electron chi connectivity index (χ1n) is 9.70. The molecule has 2 aromatic heterocycles. The van der Waals surface area contributed by atoms with Crippen LogP contribution < -0.4 is 9.47 Å². The van der Waals surface area contributed by atoms with Gasteiger partial charge in [-0.25, -0.2) is 4.98 Å². The summed E-state index contributed by atoms with van der Waals surface area (Å²) in [4.78, 5) is 7.23. The minimum Gasteiger partial charge on any atom is -0.493 e. The van der Waals surface area contributed by atoms with Gasteiger partial charge in [-0.2, -0.15) is 0 Å². The average Bonchev–Trinajstić information content (AvgIpc) is 3.09. The number of fused-ring (bicyclic) bond motifs is 3. The summed E-state index contributed by atoms with van der Waals surface area (Å²) < 4.78 is 18.8. The molecule has 0 unspecified atom stereocenters. The van der Waals surface area contributed by atoms with Crippen LogP contribution in [-0.4, -0.2) is 64.0 Å². The molecule has 3 heterocycles. The summed E-state index contributed by atoms with van der Waals surface area (Å²) in [7, 11) is 3.26. The van der Waals surface area contributed by atoms with Crippen molar-refractivity contribution in [2.75, 3.05) is 27.3 Å². The third-order valence-electron chi connectivity index (χ3n) is 5.16. The van der Waals surface area contributed by atoms with Crippen molar-refractivity contribution in [1.29, 1.82) is 0 Å². The number of aryl methyl sites for hydroxylation is 1. The Hall–Kier alpha value is -2.45. The van der Waals surface area contributed by atoms with Crippen molar-refractivity contribution < 1.29 is 14.2 Å². The first kappa shape index (κ1) is 18.9. The Bertz CT molecular complexity index is 993. The lowest BCUT2D eigenvalue weighted by molar-refractivity contribution is -0.0711. The number of ether oxygens (including phenoxy) is 3. The SMILES string of the molecule is CCc1nc2cc(OC)c(OC)cc2c2nnc(CN3C[C@H](C)O[C@@H](C)C3)n12. The quantitative estimate of drug-likeness (QED) is 0.668. The normalized spacial score (nSPS) is 20.8. The Balaban J connectivity index is 1.82. The molecule has 0 spiro atoms. The van der Waals surface area contributed by atoms with Crippen LogP contribution >= 0.6 is 0 Å². The summed E-state index contributed by atoms with van der Waals surface area (Å²) in [5.74, 6) is 3.15. The molecular weight excluding hydrogens is 358 g/mol. The standard InChI is InChI=1S/C20H27N5O3/c1-6-18-21-15-8-17(27-5)16(26-4)7-14(15)20-23-22-19(25(18)20)11-24-9-12(2)28-13(3)10-24/h7-8,12-13H,6,9-11H2,1-5H3/t12-,13-/m0/s1. The third kappa shape index (κ3) is 3.27. The molecule has 1 aromatic carbocycles. The molecule has 0 aliphatic carbocycles. The molecule has 8 heteroatoms. The van der Waals surface area contributed by atoms with E-state index < -0.39 is 0 Å². The maximum atomic E-state index is 5.85. The van der Waals surface area contributed by atoms with E-state index >= 15 is 0 Å². The predicted molar refractivity (Wildman–Crippen MR) is 106 cm³/mol. The molecule has 0 saturated carbocycles. The van der Waals surface area contributed by atoms with Crippen LogP contribution in [0, 0.1) is 0 Å². The zero-order valence-corrected chi connectivity index (χ0v) is 17.1. The summed E-state index contributed by atoms with van der Waals surface area (Å²) in [6.45, 7) is 8.79. The molecular formula is C20H27N5O3. The van der Waals surface area contributed by atoms with E-state index in [4.69, 9.17) is 19.2 Å². The molecule has 1 aliphatic heterocycles. The minimum atomic E-state index is 0.212. The van der Waals surface area contributed by atoms with Gasteiger partial charge < -0.3 is 14.2 Å². The van der Waals surface area contributed by atoms with E-state index in [2.05, 4.69) is 40.3 Å². The molecule has 4 rings (SSSR count). The van der Waals surface area contributed by atoms with Gasteiger partial charge in [-0.1, -0.05) is 6.92 Å². The molecule has 0 amide bonds. The lowest BCUT2D eigenvalue weighted by Crippen LogP contribution is -2.45. The number of morpholine rings is 1. The molecule has 1 saturated heterocycles. The van der Waals surface area contributed by atoms with E-state index in [-0.39, 0.29) is 12.2 Å². The van der Waals surface area contributed by atoms with Crippen LogP contribution in [0.1, 0.15) is 32.4 Å². The molecule has 150 valence electrons. The fourth-order valence-corrected chi connectivity index (χ4v) is 4.04. The second kappa shape index (κ2) is 7.52. The average molecular weight is 385 g/mol. The van der Waals surface area contributed by atoms with Crippen molar-refractivity contribution in [3.8, 4) is 11.5 Å². The smallest absolute Gasteiger partial charge is 0.171 e. The summed E-state index contributed by atoms with van der Waals surface area (Å²) in [5.41, 5.74) is 1.63. The highest BCUT2D eigenvalue weighted by Crippen LogP contribution is 2.33. The van der Waals surface area contributed by atoms with Crippen LogP contribution in [-0.2, 0) is 17.7 Å². The fourth-order valence-electron chi connectivity index (χ4n) is 4.04. The molecule has 28 heavy (non-hydrogen) atoms. The highest BCUT2D eigenvalue weighted by Gasteiger charge is 2.24. The lowest BCUT2D eigenvalue weighted by Gasteiger charge is -2.34. The Kier molecular flexibility index (Phi) is 5.07. The van der Waals surface area contributed by atoms with Gasteiger partial charge in [-0.15, -0.1) is 10.2 Å². The largest absolute Gasteiger partial charge is 0.493 e. The first-order valence-corrected chi connectivity index (χ1v) is 9.70. The lowest BCUT2D eigenvalue weighted by atomic mass is 10.2. The molecule has 0 bridgehead atoms. The summed E-state index contributed by atoms with van der Waals surface area (Å²) in [6.07, 6.45) is 1.20. The van der Waals surface area contributed by atoms with Crippen molar-refractivity contribution >= 4 is 16.6 Å². The Morgan fingerprint density at radius 1 is 1.04 bits per heavy atom. The van der Waals surface area contributed by atoms with E-state index in [0.29, 0.717) is 18.0 Å². The van der Waals surface area contributed by atoms with E-state index in [1.165, 1.54) is 0 Å². The van der Waals surface area contributed by atoms with Gasteiger partial charge in [0.05, 0.1) is 38.5 Å². The molecule has 2 atom stereocenters. The zero-order valence-electron chi connectivity index (χ0n) is 17.1. The third-order valence-corrected chi connectivity index (χ3v) is 5.16. The van der Waals surface area contributed by atoms with Crippen molar-refractivity contribution in [1.82, 2.24) is 24.5 Å². The maximum absolute atomic E-state index is 5.85. The van der Waals surface area contributed by atoms with Crippen LogP contribution in [0.4, 0.5) is 0 Å². The maximum Gasteiger partial charge on any atom is 0.171 e. The van der Waals surface area contributed by atoms with Gasteiger partial charge in [-0.05, 0) is 19.9 Å². The Morgan fingerprint density at radius 3 is 2.36 bits per heavy atom. The molecule has 0 radical (unpaired) electrons. The number of methoxy groups -OCH3 is 2. The highest BCUT2D eigenvalue weighted by atomic mass is 16.5. The molecule has 3 aromatic rings. The Morgan fingerprint density at radius 2 is 1.71 bits per heavy atom. The van der Waals surface area contributed by atoms with Gasteiger partial charge in [0.25, 0.3) is 0 Å². The summed E-state index contributed by atoms with van der Waals surface area (Å²) >= 11 is 0. The first-order chi connectivity index (χ1) is 13.5. The Labute approximate surface area is 164 Å². The number of aromatic nitrogens is 4. The highest BCUT2D eigenvalue weighted by molar-refractivity contribution is 5.93. The van der Waals surface area contributed by atoms with Gasteiger partial charge in [-0.3, -0.25) is 9.30 Å². The van der Waals surface area contributed by atoms with Crippen LogP contribution in [0.5, 0.6) is 11.5 Å². The van der Waals surface area contributed by atoms with E-state index in [9.17, 15) is 0 Å². The van der Waals surface area contributed by atoms with E-state index in [1.807, 2.05) is 12.1 Å². The number of nitrogens with zero attached hydrogens (tertiary/aromatic N) is 5. The van der Waals surface area contributed by atoms with Gasteiger partial charge in [0, 0.05) is 31.0 Å². The number of hydrogen-bond acceptors (Lipinski definition) is 7. The number of hydrogen-bond donors (Lipinski definition) is 0. The molecule has 1 fully saturated rings. The summed E-state index contributed by atoms with van der Waals surface area (Å²) in [6, 6.07) is 3.82. The second-order valence-electron chi connectivity index (χ2n) is 7.33. The van der Waals surface area contributed by atoms with Crippen molar-refractivity contribution in [3.63, 3.8) is 0 Å². The van der Waals surface area contributed by atoms with E-state index in [0.717, 1.165) is 47.7 Å². The monoisotopic (exact) mass is 385 g/mol. The number of rotatable bonds is 5. The number of benzene rings is 1. The van der Waals surface area contributed by atoms with Crippen molar-refractivity contribution in [3.05, 3.63) is 23.8 Å². The van der Waals surface area contributed by atoms with Gasteiger partial charge >= 0.3 is 0 Å². The predicted octanol–water partition coefficient (Wildman–Crippen LogP) is 2.47. The fraction of sp³-hybridized carbons (Fsp3) is 0.550. The van der Waals surface area contributed by atoms with Crippen LogP contribution in [0.2, 0.25) is 0 Å². The molecule has 1 aliphatic rings. The van der Waals surface area contributed by atoms with Crippen LogP contribution in [0.15, 0.2) is 12.1 Å². The van der Waals surface area contributed by atoms with Gasteiger partial charge in [0.2, 0.25) is 0 Å². The zero-order chi connectivity index (χ0) is 19.8. The summed E-state index contributed by atoms with van der Waals surface area (Å²) in [5, 5.41) is 9.92. The minimum absolute atomic E-state index is 0.212. The van der Waals surface area contributed by atoms with Gasteiger partial charge in [0.1, 0.15) is 5.82 Å². The van der Waals surface area contributed by atoms with Crippen molar-refractivity contribution in [2.45, 2.75) is 45.9 Å². The second-order valence-corrected chi connectivity index (χ2v) is 7.33. The molecule has 0 N–H and O–H groups in total. The van der Waals surface area contributed by atoms with Gasteiger partial charge in [0.15, 0.2) is 23.0 Å². The van der Waals surface area contributed by atoms with E-state index in [1.54, 1.807) is 14.2 Å². The van der Waals surface area contributed by atoms with Crippen LogP contribution in [0.25, 0.3) is 16.6 Å². The van der Waals surface area contributed by atoms with Crippen LogP contribution in [0.3, 0.4) is 0 Å².